The molecule has 5 atom stereocenters. The van der Waals surface area contributed by atoms with Gasteiger partial charge in [-0.05, 0) is 19.3 Å². The van der Waals surface area contributed by atoms with Crippen LogP contribution in [0.4, 0.5) is 0 Å². The maximum Gasteiger partial charge on any atom is 0.307 e. The van der Waals surface area contributed by atoms with Crippen LogP contribution < -0.4 is 0 Å². The lowest BCUT2D eigenvalue weighted by molar-refractivity contribution is -0.187. The molecular weight excluding hydrogens is 700 g/mol. The molecule has 0 spiro atoms. The van der Waals surface area contributed by atoms with Crippen molar-refractivity contribution in [3.8, 4) is 0 Å². The van der Waals surface area contributed by atoms with Gasteiger partial charge in [0.1, 0.15) is 24.2 Å². The van der Waals surface area contributed by atoms with Crippen molar-refractivity contribution >= 4 is 29.8 Å². The highest BCUT2D eigenvalue weighted by Crippen LogP contribution is 2.32. The number of aromatic nitrogens is 2. The number of hydrogen-bond acceptors (Lipinski definition) is 14. The smallest absolute Gasteiger partial charge is 0.307 e. The van der Waals surface area contributed by atoms with Crippen LogP contribution in [0.15, 0.2) is 27.7 Å². The maximum absolute atomic E-state index is 13.0. The summed E-state index contributed by atoms with van der Waals surface area (Å²) in [6.07, 6.45) is 9.22. The van der Waals surface area contributed by atoms with Gasteiger partial charge in [0.15, 0.2) is 24.4 Å². The standard InChI is InChI=1S/C40H62N2O12/c1-8-33(43)50-28(7)38(53-36(46)11-4)31(52-35(45)10-3)23-30(51-34(44)9-2)29-25-48-40(42-29)39(32-24-41-26-49-32)54-37(47)22-20-18-16-14-12-13-15-17-19-21-27(5)6/h24-28,30-31,38-39H,8-23H2,1-7H3. The molecule has 0 aromatic carbocycles. The van der Waals surface area contributed by atoms with Crippen molar-refractivity contribution in [2.75, 3.05) is 0 Å². The molecule has 2 aromatic heterocycles. The van der Waals surface area contributed by atoms with Crippen LogP contribution in [0.25, 0.3) is 0 Å². The van der Waals surface area contributed by atoms with E-state index in [4.69, 9.17) is 32.5 Å². The Balaban J connectivity index is 2.21. The van der Waals surface area contributed by atoms with E-state index in [-0.39, 0.29) is 55.9 Å². The third-order valence-electron chi connectivity index (χ3n) is 8.79. The second kappa shape index (κ2) is 25.7. The van der Waals surface area contributed by atoms with Crippen LogP contribution in [-0.2, 0) is 47.7 Å². The summed E-state index contributed by atoms with van der Waals surface area (Å²) in [5, 5.41) is 0. The molecule has 0 aliphatic heterocycles. The molecule has 0 bridgehead atoms. The average molecular weight is 763 g/mol. The lowest BCUT2D eigenvalue weighted by Crippen LogP contribution is -2.45. The second-order valence-corrected chi connectivity index (χ2v) is 13.8. The highest BCUT2D eigenvalue weighted by molar-refractivity contribution is 5.71. The number of hydrogen-bond donors (Lipinski definition) is 0. The maximum atomic E-state index is 13.0. The van der Waals surface area contributed by atoms with Gasteiger partial charge in [0.05, 0.1) is 6.20 Å². The van der Waals surface area contributed by atoms with E-state index >= 15 is 0 Å². The van der Waals surface area contributed by atoms with Crippen molar-refractivity contribution in [2.24, 2.45) is 5.92 Å². The molecule has 0 saturated heterocycles. The fraction of sp³-hybridized carbons (Fsp3) is 0.725. The topological polar surface area (TPSA) is 184 Å². The van der Waals surface area contributed by atoms with Crippen molar-refractivity contribution in [2.45, 2.75) is 182 Å². The molecule has 0 amide bonds. The summed E-state index contributed by atoms with van der Waals surface area (Å²) in [6.45, 7) is 12.4. The second-order valence-electron chi connectivity index (χ2n) is 13.8. The van der Waals surface area contributed by atoms with Gasteiger partial charge in [-0.25, -0.2) is 9.97 Å². The van der Waals surface area contributed by atoms with Crippen LogP contribution in [0, 0.1) is 5.92 Å². The fourth-order valence-corrected chi connectivity index (χ4v) is 5.65. The van der Waals surface area contributed by atoms with Gasteiger partial charge in [-0.1, -0.05) is 99.3 Å². The summed E-state index contributed by atoms with van der Waals surface area (Å²) in [6, 6.07) is 0. The van der Waals surface area contributed by atoms with E-state index in [9.17, 15) is 24.0 Å². The predicted molar refractivity (Wildman–Crippen MR) is 196 cm³/mol. The highest BCUT2D eigenvalue weighted by Gasteiger charge is 2.39. The predicted octanol–water partition coefficient (Wildman–Crippen LogP) is 8.61. The Hall–Kier alpha value is -4.23. The van der Waals surface area contributed by atoms with Crippen LogP contribution in [0.5, 0.6) is 0 Å². The number of esters is 5. The highest BCUT2D eigenvalue weighted by atomic mass is 16.6. The molecule has 2 heterocycles. The first-order chi connectivity index (χ1) is 25.9. The first-order valence-corrected chi connectivity index (χ1v) is 19.7. The van der Waals surface area contributed by atoms with Crippen molar-refractivity contribution in [1.29, 1.82) is 0 Å². The number of ether oxygens (including phenoxy) is 5. The fourth-order valence-electron chi connectivity index (χ4n) is 5.65. The van der Waals surface area contributed by atoms with E-state index in [1.165, 1.54) is 64.3 Å². The normalized spacial score (nSPS) is 14.1. The lowest BCUT2D eigenvalue weighted by Gasteiger charge is -2.32. The lowest BCUT2D eigenvalue weighted by atomic mass is 10.0. The Morgan fingerprint density at radius 2 is 1.20 bits per heavy atom. The van der Waals surface area contributed by atoms with E-state index < -0.39 is 60.4 Å². The van der Waals surface area contributed by atoms with E-state index in [1.807, 2.05) is 0 Å². The average Bonchev–Trinajstić information content (AvgIpc) is 3.87. The van der Waals surface area contributed by atoms with Gasteiger partial charge >= 0.3 is 29.8 Å². The zero-order chi connectivity index (χ0) is 39.9. The minimum Gasteiger partial charge on any atom is -0.459 e. The van der Waals surface area contributed by atoms with Crippen LogP contribution in [0.3, 0.4) is 0 Å². The van der Waals surface area contributed by atoms with Crippen LogP contribution >= 0.6 is 0 Å². The summed E-state index contributed by atoms with van der Waals surface area (Å²) in [5.74, 6) is -2.02. The van der Waals surface area contributed by atoms with Gasteiger partial charge in [-0.3, -0.25) is 24.0 Å². The van der Waals surface area contributed by atoms with Crippen LogP contribution in [-0.4, -0.2) is 58.1 Å². The van der Waals surface area contributed by atoms with E-state index in [0.717, 1.165) is 25.2 Å². The Morgan fingerprint density at radius 1 is 0.648 bits per heavy atom. The Morgan fingerprint density at radius 3 is 1.78 bits per heavy atom. The third-order valence-corrected chi connectivity index (χ3v) is 8.79. The molecule has 0 N–H and O–H groups in total. The first-order valence-electron chi connectivity index (χ1n) is 19.7. The van der Waals surface area contributed by atoms with Gasteiger partial charge in [0.25, 0.3) is 0 Å². The summed E-state index contributed by atoms with van der Waals surface area (Å²) in [4.78, 5) is 71.5. The Kier molecular flexibility index (Phi) is 21.9. The van der Waals surface area contributed by atoms with E-state index in [0.29, 0.717) is 6.42 Å². The van der Waals surface area contributed by atoms with Gasteiger partial charge in [-0.15, -0.1) is 0 Å². The van der Waals surface area contributed by atoms with E-state index in [2.05, 4.69) is 23.8 Å². The van der Waals surface area contributed by atoms with Crippen molar-refractivity contribution in [3.63, 3.8) is 0 Å². The van der Waals surface area contributed by atoms with Crippen LogP contribution in [0.1, 0.15) is 181 Å². The number of carbonyl (C=O) groups excluding carboxylic acids is 5. The van der Waals surface area contributed by atoms with Crippen LogP contribution in [0.2, 0.25) is 0 Å². The van der Waals surface area contributed by atoms with Gasteiger partial charge in [-0.2, -0.15) is 0 Å². The summed E-state index contributed by atoms with van der Waals surface area (Å²) in [5.41, 5.74) is 0.101. The molecule has 0 fully saturated rings. The van der Waals surface area contributed by atoms with E-state index in [1.54, 1.807) is 27.7 Å². The number of unbranched alkanes of at least 4 members (excludes halogenated alkanes) is 8. The van der Waals surface area contributed by atoms with Crippen molar-refractivity contribution in [1.82, 2.24) is 9.97 Å². The molecule has 0 radical (unpaired) electrons. The monoisotopic (exact) mass is 762 g/mol. The molecule has 14 heteroatoms. The SMILES string of the molecule is CCC(=O)OC(CC(OC(=O)CC)C(OC(=O)CC)C(C)OC(=O)CC)c1coc(C(OC(=O)CCCCCCCCCCCC(C)C)c2cnco2)n1. The Labute approximate surface area is 319 Å². The molecule has 54 heavy (non-hydrogen) atoms. The number of rotatable bonds is 28. The van der Waals surface area contributed by atoms with Crippen molar-refractivity contribution < 1.29 is 56.5 Å². The zero-order valence-electron chi connectivity index (χ0n) is 33.3. The molecule has 2 rings (SSSR count). The van der Waals surface area contributed by atoms with Gasteiger partial charge in [0.2, 0.25) is 12.0 Å². The Bertz CT molecular complexity index is 1390. The summed E-state index contributed by atoms with van der Waals surface area (Å²) in [7, 11) is 0. The molecule has 0 saturated carbocycles. The quantitative estimate of drug-likeness (QED) is 0.0456. The first kappa shape index (κ1) is 45.9. The zero-order valence-corrected chi connectivity index (χ0v) is 33.3. The largest absolute Gasteiger partial charge is 0.459 e. The third kappa shape index (κ3) is 17.3. The molecule has 14 nitrogen and oxygen atoms in total. The summed E-state index contributed by atoms with van der Waals surface area (Å²) >= 11 is 0. The number of carbonyl (C=O) groups is 5. The van der Waals surface area contributed by atoms with Gasteiger partial charge < -0.3 is 32.5 Å². The molecule has 2 aromatic rings. The molecular formula is C40H62N2O12. The molecule has 304 valence electrons. The van der Waals surface area contributed by atoms with Gasteiger partial charge in [0, 0.05) is 38.5 Å². The minimum atomic E-state index is -1.25. The molecule has 5 unspecified atom stereocenters. The van der Waals surface area contributed by atoms with Crippen molar-refractivity contribution in [3.05, 3.63) is 36.2 Å². The molecule has 0 aliphatic rings. The minimum absolute atomic E-state index is 0.000800. The molecule has 0 aliphatic carbocycles. The number of nitrogens with zero attached hydrogens (tertiary/aromatic N) is 2. The number of oxazole rings is 2. The summed E-state index contributed by atoms with van der Waals surface area (Å²) < 4.78 is 39.6.